The number of fused-ring (bicyclic) bond motifs is 5. The average Bonchev–Trinajstić information content (AvgIpc) is 3.94. The zero-order valence-electron chi connectivity index (χ0n) is 35.4. The Morgan fingerprint density at radius 1 is 0.484 bits per heavy atom. The van der Waals surface area contributed by atoms with Crippen molar-refractivity contribution in [3.8, 4) is 22.9 Å². The van der Waals surface area contributed by atoms with Crippen molar-refractivity contribution in [2.24, 2.45) is 0 Å². The molecule has 1 unspecified atom stereocenters. The molecule has 0 spiro atoms. The number of benzene rings is 7. The molecule has 1 atom stereocenters. The summed E-state index contributed by atoms with van der Waals surface area (Å²) in [6, 6.07) is 67.4. The molecule has 0 saturated carbocycles. The van der Waals surface area contributed by atoms with Gasteiger partial charge in [-0.25, -0.2) is 9.97 Å². The highest BCUT2D eigenvalue weighted by Crippen LogP contribution is 2.41. The fourth-order valence-electron chi connectivity index (χ4n) is 10.2. The average molecular weight is 818 g/mol. The van der Waals surface area contributed by atoms with Crippen LogP contribution < -0.4 is 25.6 Å². The van der Waals surface area contributed by atoms with Gasteiger partial charge in [-0.3, -0.25) is 9.13 Å². The lowest BCUT2D eigenvalue weighted by Crippen LogP contribution is -2.77. The van der Waals surface area contributed by atoms with E-state index in [2.05, 4.69) is 224 Å². The van der Waals surface area contributed by atoms with Gasteiger partial charge < -0.3 is 4.90 Å². The first kappa shape index (κ1) is 37.7. The van der Waals surface area contributed by atoms with E-state index in [-0.39, 0.29) is 0 Å². The van der Waals surface area contributed by atoms with Crippen molar-refractivity contribution in [1.82, 2.24) is 19.1 Å². The molecule has 10 aromatic rings. The minimum atomic E-state index is -3.15. The van der Waals surface area contributed by atoms with Gasteiger partial charge in [0, 0.05) is 52.0 Å². The molecule has 1 aliphatic rings. The van der Waals surface area contributed by atoms with Gasteiger partial charge in [-0.1, -0.05) is 149 Å². The minimum Gasteiger partial charge on any atom is -0.311 e. The standard InChI is InChI=1S/C56H47N5Si/c1-38(2)44-23-17-24-45(39(3)4)55(44)59-35-34-58-56(59)40-29-32-50-53(36-40)62(42-20-9-6-10-21-42,52-27-14-13-26-49(52)60(50)41-18-7-5-8-19-41)43-30-31-47-46-22-11-12-25-48(46)61(51(47)37-43)54-28-15-16-33-57-54/h5-39H,1-4H3. The van der Waals surface area contributed by atoms with E-state index in [0.29, 0.717) is 11.8 Å². The Kier molecular flexibility index (Phi) is 9.13. The molecule has 4 heterocycles. The van der Waals surface area contributed by atoms with E-state index in [1.54, 1.807) is 0 Å². The molecule has 5 nitrogen and oxygen atoms in total. The number of imidazole rings is 1. The van der Waals surface area contributed by atoms with Gasteiger partial charge in [0.25, 0.3) is 0 Å². The van der Waals surface area contributed by atoms with Crippen LogP contribution in [0.25, 0.3) is 44.7 Å². The second-order valence-corrected chi connectivity index (χ2v) is 20.8. The number of rotatable bonds is 8. The van der Waals surface area contributed by atoms with E-state index in [9.17, 15) is 0 Å². The first-order valence-corrected chi connectivity index (χ1v) is 23.7. The molecular formula is C56H47N5Si. The van der Waals surface area contributed by atoms with Gasteiger partial charge >= 0.3 is 0 Å². The van der Waals surface area contributed by atoms with E-state index in [1.807, 2.05) is 18.5 Å². The zero-order valence-corrected chi connectivity index (χ0v) is 36.4. The first-order valence-electron chi connectivity index (χ1n) is 21.7. The molecule has 0 fully saturated rings. The van der Waals surface area contributed by atoms with Crippen molar-refractivity contribution in [2.45, 2.75) is 39.5 Å². The quantitative estimate of drug-likeness (QED) is 0.143. The van der Waals surface area contributed by atoms with Crippen molar-refractivity contribution in [3.63, 3.8) is 0 Å². The molecule has 6 heteroatoms. The normalized spacial score (nSPS) is 14.8. The van der Waals surface area contributed by atoms with Gasteiger partial charge in [-0.2, -0.15) is 0 Å². The first-order chi connectivity index (χ1) is 30.4. The number of nitrogens with zero attached hydrogens (tertiary/aromatic N) is 5. The lowest BCUT2D eigenvalue weighted by molar-refractivity contribution is 0.807. The Morgan fingerprint density at radius 3 is 1.92 bits per heavy atom. The van der Waals surface area contributed by atoms with Gasteiger partial charge in [-0.15, -0.1) is 0 Å². The summed E-state index contributed by atoms with van der Waals surface area (Å²) in [5.74, 6) is 2.53. The van der Waals surface area contributed by atoms with Crippen LogP contribution in [0.3, 0.4) is 0 Å². The summed E-state index contributed by atoms with van der Waals surface area (Å²) in [6.07, 6.45) is 6.01. The van der Waals surface area contributed by atoms with Crippen LogP contribution in [0.1, 0.15) is 50.7 Å². The molecule has 0 amide bonds. The summed E-state index contributed by atoms with van der Waals surface area (Å²) < 4.78 is 4.69. The Morgan fingerprint density at radius 2 is 1.16 bits per heavy atom. The molecule has 62 heavy (non-hydrogen) atoms. The lowest BCUT2D eigenvalue weighted by atomic mass is 9.92. The van der Waals surface area contributed by atoms with E-state index in [0.717, 1.165) is 33.9 Å². The van der Waals surface area contributed by atoms with E-state index in [1.165, 1.54) is 59.7 Å². The molecular weight excluding hydrogens is 771 g/mol. The highest BCUT2D eigenvalue weighted by molar-refractivity contribution is 7.21. The van der Waals surface area contributed by atoms with E-state index in [4.69, 9.17) is 9.97 Å². The number of hydrogen-bond acceptors (Lipinski definition) is 3. The van der Waals surface area contributed by atoms with Crippen LogP contribution >= 0.6 is 0 Å². The summed E-state index contributed by atoms with van der Waals surface area (Å²) in [4.78, 5) is 12.6. The molecule has 1 aliphatic heterocycles. The van der Waals surface area contributed by atoms with Gasteiger partial charge in [0.1, 0.15) is 11.6 Å². The van der Waals surface area contributed by atoms with Crippen LogP contribution in [0.5, 0.6) is 0 Å². The number of para-hydroxylation sites is 4. The minimum absolute atomic E-state index is 0.341. The Bertz CT molecular complexity index is 3230. The highest BCUT2D eigenvalue weighted by atomic mass is 28.3. The lowest BCUT2D eigenvalue weighted by Gasteiger charge is -2.45. The van der Waals surface area contributed by atoms with Gasteiger partial charge in [0.05, 0.1) is 16.7 Å². The SMILES string of the molecule is CC(C)c1cccc(C(C)C)c1-n1ccnc1-c1ccc2c(c1)[Si](c1ccccc1)(c1ccc3c4ccccc4n(-c4ccccn4)c3c1)c1ccccc1N2c1ccccc1. The van der Waals surface area contributed by atoms with Crippen LogP contribution in [0.15, 0.2) is 201 Å². The van der Waals surface area contributed by atoms with Crippen LogP contribution in [-0.2, 0) is 0 Å². The molecule has 0 radical (unpaired) electrons. The molecule has 300 valence electrons. The summed E-state index contributed by atoms with van der Waals surface area (Å²) >= 11 is 0. The summed E-state index contributed by atoms with van der Waals surface area (Å²) in [5, 5.41) is 7.73. The van der Waals surface area contributed by atoms with Crippen LogP contribution in [0.4, 0.5) is 17.1 Å². The maximum absolute atomic E-state index is 5.19. The van der Waals surface area contributed by atoms with E-state index >= 15 is 0 Å². The number of pyridine rings is 1. The van der Waals surface area contributed by atoms with Crippen molar-refractivity contribution in [1.29, 1.82) is 0 Å². The predicted octanol–water partition coefficient (Wildman–Crippen LogP) is 11.4. The summed E-state index contributed by atoms with van der Waals surface area (Å²) in [5.41, 5.74) is 10.8. The third-order valence-corrected chi connectivity index (χ3v) is 17.7. The third kappa shape index (κ3) is 5.74. The monoisotopic (exact) mass is 817 g/mol. The maximum Gasteiger partial charge on any atom is 0.184 e. The van der Waals surface area contributed by atoms with Crippen molar-refractivity contribution < 1.29 is 0 Å². The number of hydrogen-bond donors (Lipinski definition) is 0. The molecule has 0 N–H and O–H groups in total. The summed E-state index contributed by atoms with van der Waals surface area (Å²) in [6.45, 7) is 9.16. The molecule has 0 bridgehead atoms. The van der Waals surface area contributed by atoms with Crippen LogP contribution in [0.2, 0.25) is 0 Å². The molecule has 11 rings (SSSR count). The fourth-order valence-corrected chi connectivity index (χ4v) is 15.3. The van der Waals surface area contributed by atoms with Crippen molar-refractivity contribution in [3.05, 3.63) is 212 Å². The van der Waals surface area contributed by atoms with Crippen molar-refractivity contribution >= 4 is 67.7 Å². The van der Waals surface area contributed by atoms with Gasteiger partial charge in [-0.05, 0) is 104 Å². The predicted molar refractivity (Wildman–Crippen MR) is 261 cm³/mol. The molecule has 3 aromatic heterocycles. The van der Waals surface area contributed by atoms with Gasteiger partial charge in [0.15, 0.2) is 8.07 Å². The zero-order chi connectivity index (χ0) is 42.0. The Hall–Kier alpha value is -7.28. The number of anilines is 3. The Balaban J connectivity index is 1.26. The largest absolute Gasteiger partial charge is 0.311 e. The fraction of sp³-hybridized carbons (Fsp3) is 0.107. The maximum atomic E-state index is 5.19. The smallest absolute Gasteiger partial charge is 0.184 e. The number of aromatic nitrogens is 4. The highest BCUT2D eigenvalue weighted by Gasteiger charge is 2.49. The molecule has 0 aliphatic carbocycles. The van der Waals surface area contributed by atoms with Crippen LogP contribution in [0, 0.1) is 0 Å². The topological polar surface area (TPSA) is 38.9 Å². The van der Waals surface area contributed by atoms with Crippen LogP contribution in [-0.4, -0.2) is 27.2 Å². The second kappa shape index (κ2) is 15.0. The van der Waals surface area contributed by atoms with Crippen molar-refractivity contribution in [2.75, 3.05) is 4.90 Å². The molecule has 0 saturated heterocycles. The second-order valence-electron chi connectivity index (χ2n) is 17.0. The Labute approximate surface area is 364 Å². The third-order valence-electron chi connectivity index (χ3n) is 12.9. The summed E-state index contributed by atoms with van der Waals surface area (Å²) in [7, 11) is -3.15. The molecule has 7 aromatic carbocycles. The van der Waals surface area contributed by atoms with E-state index < -0.39 is 8.07 Å². The van der Waals surface area contributed by atoms with Gasteiger partial charge in [0.2, 0.25) is 0 Å².